The number of amides is 1. The summed E-state index contributed by atoms with van der Waals surface area (Å²) in [5, 5.41) is 9.84. The molecule has 0 saturated heterocycles. The number of hydrogen-bond acceptors (Lipinski definition) is 4. The first kappa shape index (κ1) is 16.7. The number of rotatable bonds is 4. The fourth-order valence-electron chi connectivity index (χ4n) is 1.92. The molecule has 2 rings (SSSR count). The van der Waals surface area contributed by atoms with E-state index in [0.29, 0.717) is 5.82 Å². The van der Waals surface area contributed by atoms with E-state index < -0.39 is 30.7 Å². The summed E-state index contributed by atoms with van der Waals surface area (Å²) >= 11 is 0. The van der Waals surface area contributed by atoms with Crippen LogP contribution in [0, 0.1) is 13.8 Å². The highest BCUT2D eigenvalue weighted by Gasteiger charge is 2.27. The average Bonchev–Trinajstić information content (AvgIpc) is 2.77. The molecule has 0 atom stereocenters. The Morgan fingerprint density at radius 1 is 1.26 bits per heavy atom. The van der Waals surface area contributed by atoms with Crippen LogP contribution < -0.4 is 10.9 Å². The van der Waals surface area contributed by atoms with E-state index in [0.717, 1.165) is 16.1 Å². The molecule has 7 nitrogen and oxygen atoms in total. The quantitative estimate of drug-likeness (QED) is 0.896. The van der Waals surface area contributed by atoms with Gasteiger partial charge in [0.2, 0.25) is 5.91 Å². The molecule has 2 aromatic heterocycles. The molecule has 0 aliphatic carbocycles. The van der Waals surface area contributed by atoms with Crippen LogP contribution in [0.25, 0.3) is 5.82 Å². The van der Waals surface area contributed by atoms with E-state index >= 15 is 0 Å². The molecule has 0 fully saturated rings. The van der Waals surface area contributed by atoms with Crippen LogP contribution in [0.15, 0.2) is 23.0 Å². The Balaban J connectivity index is 2.20. The van der Waals surface area contributed by atoms with E-state index in [2.05, 4.69) is 10.2 Å². The number of nitrogens with one attached hydrogen (secondary N) is 1. The second kappa shape index (κ2) is 6.23. The molecule has 0 saturated carbocycles. The maximum absolute atomic E-state index is 12.1. The highest BCUT2D eigenvalue weighted by atomic mass is 19.4. The van der Waals surface area contributed by atoms with E-state index in [1.165, 1.54) is 16.8 Å². The van der Waals surface area contributed by atoms with Crippen molar-refractivity contribution < 1.29 is 18.0 Å². The first-order valence-electron chi connectivity index (χ1n) is 6.61. The molecule has 23 heavy (non-hydrogen) atoms. The lowest BCUT2D eigenvalue weighted by Gasteiger charge is -2.10. The van der Waals surface area contributed by atoms with Crippen molar-refractivity contribution in [3.05, 3.63) is 39.9 Å². The molecule has 124 valence electrons. The van der Waals surface area contributed by atoms with Gasteiger partial charge >= 0.3 is 6.18 Å². The number of alkyl halides is 3. The molecule has 10 heteroatoms. The molecule has 0 unspecified atom stereocenters. The molecule has 2 aromatic rings. The van der Waals surface area contributed by atoms with Crippen LogP contribution >= 0.6 is 0 Å². The number of nitrogens with zero attached hydrogens (tertiary/aromatic N) is 4. The Morgan fingerprint density at radius 2 is 1.96 bits per heavy atom. The smallest absolute Gasteiger partial charge is 0.345 e. The van der Waals surface area contributed by atoms with Gasteiger partial charge in [0.15, 0.2) is 5.82 Å². The van der Waals surface area contributed by atoms with Crippen molar-refractivity contribution in [2.45, 2.75) is 26.6 Å². The normalized spacial score (nSPS) is 11.5. The van der Waals surface area contributed by atoms with Crippen molar-refractivity contribution in [1.82, 2.24) is 24.9 Å². The number of hydrogen-bond donors (Lipinski definition) is 1. The zero-order valence-electron chi connectivity index (χ0n) is 12.4. The molecule has 2 heterocycles. The summed E-state index contributed by atoms with van der Waals surface area (Å²) in [5.74, 6) is -0.665. The lowest BCUT2D eigenvalue weighted by Crippen LogP contribution is -2.38. The Labute approximate surface area is 128 Å². The average molecular weight is 329 g/mol. The van der Waals surface area contributed by atoms with Gasteiger partial charge in [-0.15, -0.1) is 5.10 Å². The van der Waals surface area contributed by atoms with Gasteiger partial charge in [-0.05, 0) is 26.0 Å². The van der Waals surface area contributed by atoms with Crippen LogP contribution in [0.3, 0.4) is 0 Å². The van der Waals surface area contributed by atoms with Crippen molar-refractivity contribution in [3.63, 3.8) is 0 Å². The second-order valence-electron chi connectivity index (χ2n) is 4.92. The van der Waals surface area contributed by atoms with Gasteiger partial charge in [-0.1, -0.05) is 0 Å². The SMILES string of the molecule is Cc1cc(C)n(-c2ccc(=O)n(CC(=O)NCC(F)(F)F)n2)n1. The van der Waals surface area contributed by atoms with Crippen molar-refractivity contribution in [2.24, 2.45) is 0 Å². The summed E-state index contributed by atoms with van der Waals surface area (Å²) in [5.41, 5.74) is 0.907. The Bertz CT molecular complexity index is 779. The maximum atomic E-state index is 12.1. The predicted octanol–water partition coefficient (Wildman–Crippen LogP) is 0.724. The summed E-state index contributed by atoms with van der Waals surface area (Å²) in [7, 11) is 0. The minimum Gasteiger partial charge on any atom is -0.345 e. The summed E-state index contributed by atoms with van der Waals surface area (Å²) < 4.78 is 38.4. The highest BCUT2D eigenvalue weighted by molar-refractivity contribution is 5.75. The Morgan fingerprint density at radius 3 is 2.52 bits per heavy atom. The van der Waals surface area contributed by atoms with Crippen LogP contribution in [0.2, 0.25) is 0 Å². The van der Waals surface area contributed by atoms with Crippen LogP contribution in [0.5, 0.6) is 0 Å². The zero-order valence-corrected chi connectivity index (χ0v) is 12.4. The number of halogens is 3. The van der Waals surface area contributed by atoms with Gasteiger partial charge in [0.1, 0.15) is 13.1 Å². The van der Waals surface area contributed by atoms with Crippen LogP contribution in [-0.4, -0.2) is 38.2 Å². The molecule has 1 amide bonds. The Kier molecular flexibility index (Phi) is 4.52. The molecule has 1 N–H and O–H groups in total. The molecule has 0 radical (unpaired) electrons. The topological polar surface area (TPSA) is 81.8 Å². The molecule has 0 aromatic carbocycles. The molecule has 0 bridgehead atoms. The minimum absolute atomic E-state index is 0.291. The van der Waals surface area contributed by atoms with Crippen molar-refractivity contribution in [2.75, 3.05) is 6.54 Å². The van der Waals surface area contributed by atoms with Crippen LogP contribution in [0.1, 0.15) is 11.4 Å². The molecule has 0 aliphatic heterocycles. The largest absolute Gasteiger partial charge is 0.405 e. The fourth-order valence-corrected chi connectivity index (χ4v) is 1.92. The lowest BCUT2D eigenvalue weighted by molar-refractivity contribution is -0.138. The van der Waals surface area contributed by atoms with E-state index in [1.807, 2.05) is 0 Å². The van der Waals surface area contributed by atoms with Crippen LogP contribution in [-0.2, 0) is 11.3 Å². The van der Waals surface area contributed by atoms with Gasteiger partial charge in [-0.2, -0.15) is 18.3 Å². The van der Waals surface area contributed by atoms with E-state index in [-0.39, 0.29) is 0 Å². The molecule has 0 aliphatic rings. The monoisotopic (exact) mass is 329 g/mol. The summed E-state index contributed by atoms with van der Waals surface area (Å²) in [6.07, 6.45) is -4.51. The predicted molar refractivity (Wildman–Crippen MR) is 74.2 cm³/mol. The zero-order chi connectivity index (χ0) is 17.2. The third kappa shape index (κ3) is 4.41. The number of aryl methyl sites for hydroxylation is 2. The second-order valence-corrected chi connectivity index (χ2v) is 4.92. The number of carbonyl (C=O) groups excluding carboxylic acids is 1. The van der Waals surface area contributed by atoms with Gasteiger partial charge < -0.3 is 5.32 Å². The third-order valence-electron chi connectivity index (χ3n) is 2.86. The number of aromatic nitrogens is 4. The minimum atomic E-state index is -4.51. The van der Waals surface area contributed by atoms with Crippen molar-refractivity contribution in [3.8, 4) is 5.82 Å². The molecular formula is C13H14F3N5O2. The Hall–Kier alpha value is -2.65. The van der Waals surface area contributed by atoms with E-state index in [4.69, 9.17) is 0 Å². The van der Waals surface area contributed by atoms with Gasteiger partial charge in [-0.25, -0.2) is 9.36 Å². The van der Waals surface area contributed by atoms with Gasteiger partial charge in [0.05, 0.1) is 5.69 Å². The first-order chi connectivity index (χ1) is 10.7. The number of carbonyl (C=O) groups is 1. The summed E-state index contributed by atoms with van der Waals surface area (Å²) in [6.45, 7) is 1.50. The molecule has 0 spiro atoms. The van der Waals surface area contributed by atoms with Gasteiger partial charge in [0.25, 0.3) is 5.56 Å². The maximum Gasteiger partial charge on any atom is 0.405 e. The van der Waals surface area contributed by atoms with E-state index in [9.17, 15) is 22.8 Å². The first-order valence-corrected chi connectivity index (χ1v) is 6.61. The van der Waals surface area contributed by atoms with Gasteiger partial charge in [-0.3, -0.25) is 9.59 Å². The lowest BCUT2D eigenvalue weighted by atomic mass is 10.4. The molecular weight excluding hydrogens is 315 g/mol. The summed E-state index contributed by atoms with van der Waals surface area (Å²) in [4.78, 5) is 23.2. The summed E-state index contributed by atoms with van der Waals surface area (Å²) in [6, 6.07) is 4.40. The highest BCUT2D eigenvalue weighted by Crippen LogP contribution is 2.12. The van der Waals surface area contributed by atoms with Crippen LogP contribution in [0.4, 0.5) is 13.2 Å². The standard InChI is InChI=1S/C13H14F3N5O2/c1-8-5-9(2)21(18-8)10-3-4-12(23)20(19-10)6-11(22)17-7-13(14,15)16/h3-5H,6-7H2,1-2H3,(H,17,22). The third-order valence-corrected chi connectivity index (χ3v) is 2.86. The fraction of sp³-hybridized carbons (Fsp3) is 0.385. The van der Waals surface area contributed by atoms with E-state index in [1.54, 1.807) is 25.2 Å². The van der Waals surface area contributed by atoms with Crippen molar-refractivity contribution >= 4 is 5.91 Å². The van der Waals surface area contributed by atoms with Gasteiger partial charge in [0, 0.05) is 11.8 Å². The van der Waals surface area contributed by atoms with Crippen molar-refractivity contribution in [1.29, 1.82) is 0 Å².